The minimum atomic E-state index is -0.270. The van der Waals surface area contributed by atoms with Crippen LogP contribution in [-0.2, 0) is 6.54 Å². The highest BCUT2D eigenvalue weighted by Gasteiger charge is 2.11. The lowest BCUT2D eigenvalue weighted by Crippen LogP contribution is -2.12. The Balaban J connectivity index is 1.63. The molecule has 4 nitrogen and oxygen atoms in total. The molecule has 27 heavy (non-hydrogen) atoms. The number of fused-ring (bicyclic) bond motifs is 1. The Bertz CT molecular complexity index is 1110. The predicted molar refractivity (Wildman–Crippen MR) is 108 cm³/mol. The summed E-state index contributed by atoms with van der Waals surface area (Å²) in [5, 5.41) is 8.79. The van der Waals surface area contributed by atoms with Crippen molar-refractivity contribution in [2.24, 2.45) is 0 Å². The molecule has 0 spiro atoms. The van der Waals surface area contributed by atoms with Crippen LogP contribution in [0.3, 0.4) is 0 Å². The standard InChI is InChI=1S/C22H19FN4/c1-15(25-13-16-5-2-3-7-21(16)24)19-6-4-8-22-20(19)14-26-27(22)18-11-9-17(23)10-12-18/h2-12,14,25H,1,13,24H2. The molecule has 0 amide bonds. The van der Waals surface area contributed by atoms with Gasteiger partial charge < -0.3 is 11.1 Å². The molecule has 4 aromatic rings. The monoisotopic (exact) mass is 358 g/mol. The van der Waals surface area contributed by atoms with Gasteiger partial charge in [0.1, 0.15) is 5.82 Å². The number of nitrogens with zero attached hydrogens (tertiary/aromatic N) is 2. The first-order valence-electron chi connectivity index (χ1n) is 8.63. The predicted octanol–water partition coefficient (Wildman–Crippen LogP) is 4.51. The average molecular weight is 358 g/mol. The van der Waals surface area contributed by atoms with E-state index in [1.54, 1.807) is 23.0 Å². The molecule has 0 bridgehead atoms. The zero-order valence-electron chi connectivity index (χ0n) is 14.7. The molecule has 0 atom stereocenters. The van der Waals surface area contributed by atoms with Crippen LogP contribution in [-0.4, -0.2) is 9.78 Å². The van der Waals surface area contributed by atoms with Gasteiger partial charge >= 0.3 is 0 Å². The fourth-order valence-corrected chi connectivity index (χ4v) is 3.09. The molecule has 3 N–H and O–H groups in total. The van der Waals surface area contributed by atoms with Gasteiger partial charge in [-0.05, 0) is 42.0 Å². The zero-order chi connectivity index (χ0) is 18.8. The summed E-state index contributed by atoms with van der Waals surface area (Å²) in [5.41, 5.74) is 11.3. The molecule has 134 valence electrons. The van der Waals surface area contributed by atoms with Crippen molar-refractivity contribution in [3.8, 4) is 5.69 Å². The number of aromatic nitrogens is 2. The summed E-state index contributed by atoms with van der Waals surface area (Å²) in [7, 11) is 0. The van der Waals surface area contributed by atoms with Crippen molar-refractivity contribution in [2.75, 3.05) is 5.73 Å². The number of hydrogen-bond donors (Lipinski definition) is 2. The van der Waals surface area contributed by atoms with E-state index in [1.807, 2.05) is 42.5 Å². The summed E-state index contributed by atoms with van der Waals surface area (Å²) in [4.78, 5) is 0. The first kappa shape index (κ1) is 16.8. The Morgan fingerprint density at radius 3 is 2.59 bits per heavy atom. The summed E-state index contributed by atoms with van der Waals surface area (Å²) in [5.74, 6) is -0.270. The Hall–Kier alpha value is -3.60. The Morgan fingerprint density at radius 2 is 1.81 bits per heavy atom. The fourth-order valence-electron chi connectivity index (χ4n) is 3.09. The lowest BCUT2D eigenvalue weighted by Gasteiger charge is -2.12. The molecule has 0 radical (unpaired) electrons. The third kappa shape index (κ3) is 3.27. The van der Waals surface area contributed by atoms with Gasteiger partial charge in [-0.15, -0.1) is 0 Å². The lowest BCUT2D eigenvalue weighted by atomic mass is 10.1. The summed E-state index contributed by atoms with van der Waals surface area (Å²) in [6.07, 6.45) is 1.80. The number of benzene rings is 3. The SMILES string of the molecule is C=C(NCc1ccccc1N)c1cccc2c1cnn2-c1ccc(F)cc1. The van der Waals surface area contributed by atoms with Crippen LogP contribution in [0.2, 0.25) is 0 Å². The van der Waals surface area contributed by atoms with Gasteiger partial charge in [-0.25, -0.2) is 9.07 Å². The van der Waals surface area contributed by atoms with E-state index in [9.17, 15) is 4.39 Å². The van der Waals surface area contributed by atoms with Crippen molar-refractivity contribution in [1.29, 1.82) is 0 Å². The molecule has 5 heteroatoms. The summed E-state index contributed by atoms with van der Waals surface area (Å²) < 4.78 is 15.0. The molecular formula is C22H19FN4. The molecule has 0 fully saturated rings. The highest BCUT2D eigenvalue weighted by molar-refractivity contribution is 5.91. The molecule has 0 aliphatic heterocycles. The number of halogens is 1. The average Bonchev–Trinajstić information content (AvgIpc) is 3.12. The highest BCUT2D eigenvalue weighted by atomic mass is 19.1. The number of para-hydroxylation sites is 1. The summed E-state index contributed by atoms with van der Waals surface area (Å²) >= 11 is 0. The van der Waals surface area contributed by atoms with Crippen LogP contribution in [0.25, 0.3) is 22.3 Å². The molecule has 0 saturated carbocycles. The van der Waals surface area contributed by atoms with Gasteiger partial charge in [-0.3, -0.25) is 0 Å². The van der Waals surface area contributed by atoms with E-state index >= 15 is 0 Å². The minimum absolute atomic E-state index is 0.270. The van der Waals surface area contributed by atoms with Gasteiger partial charge in [0.15, 0.2) is 0 Å². The molecular weight excluding hydrogens is 339 g/mol. The van der Waals surface area contributed by atoms with Crippen LogP contribution in [0.15, 0.2) is 79.5 Å². The normalized spacial score (nSPS) is 10.9. The third-order valence-electron chi connectivity index (χ3n) is 4.56. The van der Waals surface area contributed by atoms with Crippen molar-refractivity contribution >= 4 is 22.3 Å². The van der Waals surface area contributed by atoms with Gasteiger partial charge in [0.25, 0.3) is 0 Å². The van der Waals surface area contributed by atoms with E-state index in [1.165, 1.54) is 12.1 Å². The van der Waals surface area contributed by atoms with Gasteiger partial charge in [-0.1, -0.05) is 36.9 Å². The van der Waals surface area contributed by atoms with Crippen LogP contribution in [0.5, 0.6) is 0 Å². The smallest absolute Gasteiger partial charge is 0.123 e. The number of nitrogens with two attached hydrogens (primary N) is 1. The molecule has 3 aromatic carbocycles. The second-order valence-electron chi connectivity index (χ2n) is 6.30. The van der Waals surface area contributed by atoms with E-state index < -0.39 is 0 Å². The van der Waals surface area contributed by atoms with Crippen LogP contribution in [0, 0.1) is 5.82 Å². The topological polar surface area (TPSA) is 55.9 Å². The van der Waals surface area contributed by atoms with Gasteiger partial charge in [0.05, 0.1) is 17.4 Å². The van der Waals surface area contributed by atoms with Crippen molar-refractivity contribution in [3.63, 3.8) is 0 Å². The number of nitrogens with one attached hydrogen (secondary N) is 1. The first-order chi connectivity index (χ1) is 13.1. The van der Waals surface area contributed by atoms with Crippen molar-refractivity contribution in [1.82, 2.24) is 15.1 Å². The van der Waals surface area contributed by atoms with Gasteiger partial charge in [0, 0.05) is 28.9 Å². The second kappa shape index (κ2) is 6.96. The molecule has 0 saturated heterocycles. The molecule has 4 rings (SSSR count). The minimum Gasteiger partial charge on any atom is -0.398 e. The Kier molecular flexibility index (Phi) is 4.34. The van der Waals surface area contributed by atoms with Crippen LogP contribution in [0.1, 0.15) is 11.1 Å². The highest BCUT2D eigenvalue weighted by Crippen LogP contribution is 2.25. The maximum absolute atomic E-state index is 13.2. The van der Waals surface area contributed by atoms with E-state index in [0.29, 0.717) is 6.54 Å². The first-order valence-corrected chi connectivity index (χ1v) is 8.63. The second-order valence-corrected chi connectivity index (χ2v) is 6.30. The summed E-state index contributed by atoms with van der Waals surface area (Å²) in [6.45, 7) is 4.77. The molecule has 0 unspecified atom stereocenters. The number of rotatable bonds is 5. The summed E-state index contributed by atoms with van der Waals surface area (Å²) in [6, 6.07) is 20.0. The Morgan fingerprint density at radius 1 is 1.04 bits per heavy atom. The van der Waals surface area contributed by atoms with Crippen LogP contribution >= 0.6 is 0 Å². The number of hydrogen-bond acceptors (Lipinski definition) is 3. The molecule has 1 heterocycles. The van der Waals surface area contributed by atoms with Crippen molar-refractivity contribution in [3.05, 3.63) is 96.4 Å². The van der Waals surface area contributed by atoms with Crippen LogP contribution in [0.4, 0.5) is 10.1 Å². The molecule has 0 aliphatic carbocycles. The quantitative estimate of drug-likeness (QED) is 0.516. The fraction of sp³-hybridized carbons (Fsp3) is 0.0455. The molecule has 0 aliphatic rings. The van der Waals surface area contributed by atoms with Crippen molar-refractivity contribution < 1.29 is 4.39 Å². The van der Waals surface area contributed by atoms with Crippen LogP contribution < -0.4 is 11.1 Å². The lowest BCUT2D eigenvalue weighted by molar-refractivity contribution is 0.627. The van der Waals surface area contributed by atoms with Crippen molar-refractivity contribution in [2.45, 2.75) is 6.54 Å². The number of nitrogen functional groups attached to an aromatic ring is 1. The van der Waals surface area contributed by atoms with E-state index in [2.05, 4.69) is 17.0 Å². The molecule has 1 aromatic heterocycles. The third-order valence-corrected chi connectivity index (χ3v) is 4.56. The number of anilines is 1. The van der Waals surface area contributed by atoms with E-state index in [-0.39, 0.29) is 5.82 Å². The van der Waals surface area contributed by atoms with E-state index in [0.717, 1.165) is 39.1 Å². The maximum atomic E-state index is 13.2. The van der Waals surface area contributed by atoms with Gasteiger partial charge in [0.2, 0.25) is 0 Å². The van der Waals surface area contributed by atoms with E-state index in [4.69, 9.17) is 5.73 Å². The maximum Gasteiger partial charge on any atom is 0.123 e. The Labute approximate surface area is 156 Å². The van der Waals surface area contributed by atoms with Gasteiger partial charge in [-0.2, -0.15) is 5.10 Å². The largest absolute Gasteiger partial charge is 0.398 e. The zero-order valence-corrected chi connectivity index (χ0v) is 14.7.